The predicted molar refractivity (Wildman–Crippen MR) is 57.0 cm³/mol. The molecule has 0 aliphatic heterocycles. The summed E-state index contributed by atoms with van der Waals surface area (Å²) in [4.78, 5) is 33.3. The van der Waals surface area contributed by atoms with Crippen LogP contribution in [0.2, 0.25) is 0 Å². The maximum atomic E-state index is 10.9. The molecule has 2 aromatic rings. The van der Waals surface area contributed by atoms with Crippen molar-refractivity contribution in [3.63, 3.8) is 0 Å². The Morgan fingerprint density at radius 3 is 2.25 bits per heavy atom. The molecule has 7 nitrogen and oxygen atoms in total. The van der Waals surface area contributed by atoms with E-state index in [1.54, 1.807) is 13.8 Å². The Morgan fingerprint density at radius 1 is 1.31 bits per heavy atom. The molecule has 0 unspecified atom stereocenters. The van der Waals surface area contributed by atoms with Crippen LogP contribution in [0, 0.1) is 5.92 Å². The van der Waals surface area contributed by atoms with E-state index in [-0.39, 0.29) is 11.5 Å². The van der Waals surface area contributed by atoms with E-state index in [0.29, 0.717) is 11.2 Å². The van der Waals surface area contributed by atoms with Crippen LogP contribution in [0.5, 0.6) is 0 Å². The molecule has 7 heteroatoms. The highest BCUT2D eigenvalue weighted by Gasteiger charge is 1.99. The molecular formula is C9H12N4O3. The number of aromatic amines is 2. The van der Waals surface area contributed by atoms with E-state index in [1.165, 1.54) is 12.7 Å². The number of aliphatic carboxylic acids is 1. The first-order valence-corrected chi connectivity index (χ1v) is 4.62. The van der Waals surface area contributed by atoms with Gasteiger partial charge in [-0.25, -0.2) is 9.97 Å². The van der Waals surface area contributed by atoms with Crippen LogP contribution in [0.25, 0.3) is 11.2 Å². The standard InChI is InChI=1S/C5H4N4O.C4H8O2/c10-5-3-4(7-1-6-3)8-2-9-5;1-3(2)4(5)6/h1-2H,(H2,6,7,8,9,10);3H,1-2H3,(H,5,6). The highest BCUT2D eigenvalue weighted by Crippen LogP contribution is 1.94. The summed E-state index contributed by atoms with van der Waals surface area (Å²) in [6, 6.07) is 0. The molecule has 0 aromatic carbocycles. The minimum absolute atomic E-state index is 0.192. The minimum Gasteiger partial charge on any atom is -0.481 e. The number of carboxylic acid groups (broad SMARTS) is 1. The van der Waals surface area contributed by atoms with Gasteiger partial charge in [-0.1, -0.05) is 13.8 Å². The van der Waals surface area contributed by atoms with Gasteiger partial charge in [0.25, 0.3) is 5.56 Å². The van der Waals surface area contributed by atoms with E-state index in [1.807, 2.05) is 0 Å². The van der Waals surface area contributed by atoms with Crippen molar-refractivity contribution in [1.82, 2.24) is 19.9 Å². The Balaban J connectivity index is 0.000000187. The molecule has 0 radical (unpaired) electrons. The average molecular weight is 224 g/mol. The van der Waals surface area contributed by atoms with Crippen LogP contribution < -0.4 is 5.56 Å². The van der Waals surface area contributed by atoms with E-state index in [4.69, 9.17) is 5.11 Å². The Labute approximate surface area is 90.6 Å². The second-order valence-electron chi connectivity index (χ2n) is 3.33. The lowest BCUT2D eigenvalue weighted by Gasteiger charge is -1.89. The molecule has 0 atom stereocenters. The number of fused-ring (bicyclic) bond motifs is 1. The zero-order chi connectivity index (χ0) is 12.1. The monoisotopic (exact) mass is 224 g/mol. The molecule has 3 N–H and O–H groups in total. The Hall–Kier alpha value is -2.18. The van der Waals surface area contributed by atoms with Crippen molar-refractivity contribution in [2.75, 3.05) is 0 Å². The number of rotatable bonds is 1. The van der Waals surface area contributed by atoms with Crippen LogP contribution >= 0.6 is 0 Å². The second kappa shape index (κ2) is 5.06. The van der Waals surface area contributed by atoms with Crippen LogP contribution in [0.15, 0.2) is 17.4 Å². The van der Waals surface area contributed by atoms with E-state index in [2.05, 4.69) is 19.9 Å². The number of imidazole rings is 1. The van der Waals surface area contributed by atoms with Gasteiger partial charge in [0.1, 0.15) is 0 Å². The first kappa shape index (κ1) is 11.9. The second-order valence-corrected chi connectivity index (χ2v) is 3.33. The topological polar surface area (TPSA) is 112 Å². The smallest absolute Gasteiger partial charge is 0.305 e. The van der Waals surface area contributed by atoms with Crippen LogP contribution in [-0.2, 0) is 4.79 Å². The van der Waals surface area contributed by atoms with Crippen LogP contribution in [-0.4, -0.2) is 31.0 Å². The largest absolute Gasteiger partial charge is 0.481 e. The number of hydrogen-bond donors (Lipinski definition) is 3. The fourth-order valence-electron chi connectivity index (χ4n) is 0.776. The molecule has 0 amide bonds. The molecule has 0 aliphatic carbocycles. The molecule has 2 rings (SSSR count). The molecule has 86 valence electrons. The first-order valence-electron chi connectivity index (χ1n) is 4.62. The summed E-state index contributed by atoms with van der Waals surface area (Å²) < 4.78 is 0. The van der Waals surface area contributed by atoms with Gasteiger partial charge in [-0.3, -0.25) is 9.59 Å². The van der Waals surface area contributed by atoms with Crippen molar-refractivity contribution in [1.29, 1.82) is 0 Å². The molecule has 0 fully saturated rings. The van der Waals surface area contributed by atoms with E-state index >= 15 is 0 Å². The van der Waals surface area contributed by atoms with Crippen molar-refractivity contribution in [2.24, 2.45) is 5.92 Å². The van der Waals surface area contributed by atoms with Crippen LogP contribution in [0.3, 0.4) is 0 Å². The van der Waals surface area contributed by atoms with Gasteiger partial charge < -0.3 is 15.1 Å². The zero-order valence-electron chi connectivity index (χ0n) is 8.89. The SMILES string of the molecule is CC(C)C(=O)O.O=c1[nH]cnc2nc[nH]c12. The summed E-state index contributed by atoms with van der Waals surface area (Å²) in [6.07, 6.45) is 2.76. The summed E-state index contributed by atoms with van der Waals surface area (Å²) in [5.74, 6) is -0.972. The predicted octanol–water partition coefficient (Wildman–Crippen LogP) is 0.373. The third kappa shape index (κ3) is 2.91. The van der Waals surface area contributed by atoms with Gasteiger partial charge in [-0.2, -0.15) is 0 Å². The van der Waals surface area contributed by atoms with Gasteiger partial charge in [-0.05, 0) is 0 Å². The van der Waals surface area contributed by atoms with E-state index in [9.17, 15) is 9.59 Å². The number of nitrogens with zero attached hydrogens (tertiary/aromatic N) is 2. The lowest BCUT2D eigenvalue weighted by molar-refractivity contribution is -0.140. The lowest BCUT2D eigenvalue weighted by atomic mass is 10.2. The molecule has 2 aromatic heterocycles. The summed E-state index contributed by atoms with van der Waals surface area (Å²) in [5.41, 5.74) is 0.675. The number of H-pyrrole nitrogens is 2. The summed E-state index contributed by atoms with van der Waals surface area (Å²) in [5, 5.41) is 7.99. The van der Waals surface area contributed by atoms with Gasteiger partial charge in [-0.15, -0.1) is 0 Å². The maximum Gasteiger partial charge on any atom is 0.305 e. The average Bonchev–Trinajstić information content (AvgIpc) is 2.68. The van der Waals surface area contributed by atoms with Gasteiger partial charge in [0, 0.05) is 0 Å². The number of aromatic nitrogens is 4. The number of hydrogen-bond acceptors (Lipinski definition) is 4. The van der Waals surface area contributed by atoms with Crippen molar-refractivity contribution < 1.29 is 9.90 Å². The molecule has 0 spiro atoms. The number of nitrogens with one attached hydrogen (secondary N) is 2. The lowest BCUT2D eigenvalue weighted by Crippen LogP contribution is -2.05. The normalized spacial score (nSPS) is 9.94. The number of carboxylic acids is 1. The first-order chi connectivity index (χ1) is 7.52. The molecule has 0 bridgehead atoms. The highest BCUT2D eigenvalue weighted by atomic mass is 16.4. The summed E-state index contributed by atoms with van der Waals surface area (Å²) in [7, 11) is 0. The minimum atomic E-state index is -0.741. The van der Waals surface area contributed by atoms with Gasteiger partial charge in [0.15, 0.2) is 11.2 Å². The molecule has 0 saturated carbocycles. The fraction of sp³-hybridized carbons (Fsp3) is 0.333. The molecule has 2 heterocycles. The van der Waals surface area contributed by atoms with Crippen molar-refractivity contribution in [3.05, 3.63) is 23.0 Å². The zero-order valence-corrected chi connectivity index (χ0v) is 8.89. The number of carbonyl (C=O) groups is 1. The Kier molecular flexibility index (Phi) is 3.76. The van der Waals surface area contributed by atoms with Crippen molar-refractivity contribution >= 4 is 17.1 Å². The fourth-order valence-corrected chi connectivity index (χ4v) is 0.776. The molecule has 0 aliphatic rings. The van der Waals surface area contributed by atoms with E-state index < -0.39 is 5.97 Å². The van der Waals surface area contributed by atoms with Gasteiger partial charge in [0.2, 0.25) is 0 Å². The van der Waals surface area contributed by atoms with Crippen LogP contribution in [0.1, 0.15) is 13.8 Å². The van der Waals surface area contributed by atoms with Crippen molar-refractivity contribution in [2.45, 2.75) is 13.8 Å². The van der Waals surface area contributed by atoms with Gasteiger partial charge in [0.05, 0.1) is 18.6 Å². The maximum absolute atomic E-state index is 10.9. The van der Waals surface area contributed by atoms with Crippen molar-refractivity contribution in [3.8, 4) is 0 Å². The third-order valence-corrected chi connectivity index (χ3v) is 1.72. The quantitative estimate of drug-likeness (QED) is 0.648. The van der Waals surface area contributed by atoms with Gasteiger partial charge >= 0.3 is 5.97 Å². The van der Waals surface area contributed by atoms with Crippen LogP contribution in [0.4, 0.5) is 0 Å². The Bertz CT molecular complexity index is 529. The molecular weight excluding hydrogens is 212 g/mol. The highest BCUT2D eigenvalue weighted by molar-refractivity contribution is 5.68. The summed E-state index contributed by atoms with van der Waals surface area (Å²) >= 11 is 0. The molecule has 0 saturated heterocycles. The Morgan fingerprint density at radius 2 is 1.81 bits per heavy atom. The third-order valence-electron chi connectivity index (χ3n) is 1.72. The van der Waals surface area contributed by atoms with E-state index in [0.717, 1.165) is 0 Å². The molecule has 16 heavy (non-hydrogen) atoms. The summed E-state index contributed by atoms with van der Waals surface area (Å²) in [6.45, 7) is 3.28.